The number of nitrogens with zero attached hydrogens (tertiary/aromatic N) is 1. The molecule has 0 bridgehead atoms. The van der Waals surface area contributed by atoms with Gasteiger partial charge in [-0.25, -0.2) is 5.43 Å². The van der Waals surface area contributed by atoms with Gasteiger partial charge >= 0.3 is 11.8 Å². The van der Waals surface area contributed by atoms with E-state index in [4.69, 9.17) is 11.6 Å². The third-order valence-corrected chi connectivity index (χ3v) is 3.64. The number of hydrazone groups is 1. The molecule has 0 aliphatic heterocycles. The lowest BCUT2D eigenvalue weighted by atomic mass is 10.2. The number of nitrogens with one attached hydrogen (secondary N) is 2. The van der Waals surface area contributed by atoms with E-state index in [9.17, 15) is 14.7 Å². The summed E-state index contributed by atoms with van der Waals surface area (Å²) in [5.74, 6) is -1.73. The van der Waals surface area contributed by atoms with Crippen molar-refractivity contribution in [2.75, 3.05) is 5.32 Å². The second-order valence-electron chi connectivity index (χ2n) is 4.34. The minimum Gasteiger partial charge on any atom is -0.507 e. The molecular weight excluding hydrogens is 386 g/mol. The highest BCUT2D eigenvalue weighted by atomic mass is 79.9. The average Bonchev–Trinajstić information content (AvgIpc) is 2.53. The van der Waals surface area contributed by atoms with Crippen LogP contribution in [0.25, 0.3) is 0 Å². The monoisotopic (exact) mass is 395 g/mol. The van der Waals surface area contributed by atoms with E-state index in [0.29, 0.717) is 20.7 Å². The Labute approximate surface area is 145 Å². The zero-order valence-corrected chi connectivity index (χ0v) is 13.9. The lowest BCUT2D eigenvalue weighted by Crippen LogP contribution is -2.32. The molecule has 0 saturated carbocycles. The van der Waals surface area contributed by atoms with Gasteiger partial charge < -0.3 is 10.4 Å². The summed E-state index contributed by atoms with van der Waals surface area (Å²) in [5.41, 5.74) is 3.06. The second kappa shape index (κ2) is 7.75. The summed E-state index contributed by atoms with van der Waals surface area (Å²) >= 11 is 9.04. The van der Waals surface area contributed by atoms with Gasteiger partial charge in [-0.3, -0.25) is 9.59 Å². The largest absolute Gasteiger partial charge is 0.507 e. The molecule has 0 aliphatic rings. The summed E-state index contributed by atoms with van der Waals surface area (Å²) < 4.78 is 0.490. The van der Waals surface area contributed by atoms with Crippen LogP contribution in [-0.4, -0.2) is 23.1 Å². The molecule has 0 radical (unpaired) electrons. The van der Waals surface area contributed by atoms with Crippen LogP contribution >= 0.6 is 27.5 Å². The fraction of sp³-hybridized carbons (Fsp3) is 0. The normalized spacial score (nSPS) is 10.5. The molecule has 2 amide bonds. The van der Waals surface area contributed by atoms with Crippen molar-refractivity contribution in [3.63, 3.8) is 0 Å². The summed E-state index contributed by atoms with van der Waals surface area (Å²) in [7, 11) is 0. The van der Waals surface area contributed by atoms with Crippen LogP contribution < -0.4 is 10.7 Å². The number of carbonyl (C=O) groups is 2. The topological polar surface area (TPSA) is 90.8 Å². The lowest BCUT2D eigenvalue weighted by Gasteiger charge is -2.05. The Kier molecular flexibility index (Phi) is 5.72. The molecule has 0 heterocycles. The molecule has 2 rings (SSSR count). The molecule has 118 valence electrons. The van der Waals surface area contributed by atoms with E-state index >= 15 is 0 Å². The number of halogens is 2. The summed E-state index contributed by atoms with van der Waals surface area (Å²) in [6, 6.07) is 11.2. The van der Waals surface area contributed by atoms with Crippen molar-refractivity contribution in [1.82, 2.24) is 5.43 Å². The van der Waals surface area contributed by atoms with E-state index < -0.39 is 11.8 Å². The van der Waals surface area contributed by atoms with Crippen LogP contribution in [-0.2, 0) is 9.59 Å². The highest BCUT2D eigenvalue weighted by molar-refractivity contribution is 9.10. The SMILES string of the molecule is O=C(N/N=C/c1ccc(O)c(Br)c1)C(=O)Nc1ccccc1Cl. The number of rotatable bonds is 3. The second-order valence-corrected chi connectivity index (χ2v) is 5.61. The Morgan fingerprint density at radius 2 is 1.91 bits per heavy atom. The number of phenolic OH excluding ortho intramolecular Hbond substituents is 1. The maximum atomic E-state index is 11.7. The first-order valence-corrected chi connectivity index (χ1v) is 7.52. The highest BCUT2D eigenvalue weighted by Gasteiger charge is 2.14. The molecular formula is C15H11BrClN3O3. The molecule has 0 saturated heterocycles. The minimum atomic E-state index is -0.931. The molecule has 6 nitrogen and oxygen atoms in total. The van der Waals surface area contributed by atoms with Crippen molar-refractivity contribution >= 4 is 51.2 Å². The Hall–Kier alpha value is -2.38. The Morgan fingerprint density at radius 3 is 2.61 bits per heavy atom. The van der Waals surface area contributed by atoms with Crippen molar-refractivity contribution in [2.45, 2.75) is 0 Å². The number of phenols is 1. The standard InChI is InChI=1S/C15H11BrClN3O3/c16-10-7-9(5-6-13(10)21)8-18-20-15(23)14(22)19-12-4-2-1-3-11(12)17/h1-8,21H,(H,19,22)(H,20,23)/b18-8+. The van der Waals surface area contributed by atoms with E-state index in [0.717, 1.165) is 0 Å². The Bertz CT molecular complexity index is 780. The number of hydrogen-bond acceptors (Lipinski definition) is 4. The zero-order valence-electron chi connectivity index (χ0n) is 11.6. The van der Waals surface area contributed by atoms with Gasteiger partial charge in [0.1, 0.15) is 5.75 Å². The molecule has 0 spiro atoms. The van der Waals surface area contributed by atoms with Gasteiger partial charge in [0.15, 0.2) is 0 Å². The van der Waals surface area contributed by atoms with Crippen LogP contribution in [0, 0.1) is 0 Å². The number of para-hydroxylation sites is 1. The van der Waals surface area contributed by atoms with Crippen molar-refractivity contribution in [1.29, 1.82) is 0 Å². The first kappa shape index (κ1) is 17.0. The summed E-state index contributed by atoms with van der Waals surface area (Å²) in [6.07, 6.45) is 1.34. The van der Waals surface area contributed by atoms with Crippen molar-refractivity contribution < 1.29 is 14.7 Å². The molecule has 0 aliphatic carbocycles. The molecule has 0 aromatic heterocycles. The number of carbonyl (C=O) groups excluding carboxylic acids is 2. The van der Waals surface area contributed by atoms with Crippen LogP contribution in [0.5, 0.6) is 5.75 Å². The van der Waals surface area contributed by atoms with Crippen LogP contribution in [0.2, 0.25) is 5.02 Å². The van der Waals surface area contributed by atoms with Gasteiger partial charge in [0.2, 0.25) is 0 Å². The Morgan fingerprint density at radius 1 is 1.17 bits per heavy atom. The van der Waals surface area contributed by atoms with Crippen LogP contribution in [0.4, 0.5) is 5.69 Å². The lowest BCUT2D eigenvalue weighted by molar-refractivity contribution is -0.136. The summed E-state index contributed by atoms with van der Waals surface area (Å²) in [5, 5.41) is 15.7. The van der Waals surface area contributed by atoms with Gasteiger partial charge in [-0.2, -0.15) is 5.10 Å². The maximum Gasteiger partial charge on any atom is 0.329 e. The van der Waals surface area contributed by atoms with Crippen molar-refractivity contribution in [2.24, 2.45) is 5.10 Å². The number of aromatic hydroxyl groups is 1. The molecule has 23 heavy (non-hydrogen) atoms. The summed E-state index contributed by atoms with van der Waals surface area (Å²) in [6.45, 7) is 0. The third-order valence-electron chi connectivity index (χ3n) is 2.68. The van der Waals surface area contributed by atoms with Crippen molar-refractivity contribution in [3.05, 3.63) is 57.5 Å². The Balaban J connectivity index is 1.93. The molecule has 0 fully saturated rings. The van der Waals surface area contributed by atoms with E-state index in [2.05, 4.69) is 31.8 Å². The predicted octanol–water partition coefficient (Wildman–Crippen LogP) is 2.90. The van der Waals surface area contributed by atoms with Crippen LogP contribution in [0.15, 0.2) is 52.0 Å². The molecule has 0 unspecified atom stereocenters. The number of anilines is 1. The number of benzene rings is 2. The first-order chi connectivity index (χ1) is 11.0. The molecule has 2 aromatic rings. The fourth-order valence-corrected chi connectivity index (χ4v) is 2.14. The smallest absolute Gasteiger partial charge is 0.329 e. The van der Waals surface area contributed by atoms with Crippen molar-refractivity contribution in [3.8, 4) is 5.75 Å². The van der Waals surface area contributed by atoms with Gasteiger partial charge in [0.25, 0.3) is 0 Å². The average molecular weight is 397 g/mol. The highest BCUT2D eigenvalue weighted by Crippen LogP contribution is 2.23. The first-order valence-electron chi connectivity index (χ1n) is 6.35. The van der Waals surface area contributed by atoms with Gasteiger partial charge in [-0.1, -0.05) is 23.7 Å². The molecule has 8 heteroatoms. The van der Waals surface area contributed by atoms with Gasteiger partial charge in [0, 0.05) is 0 Å². The van der Waals surface area contributed by atoms with E-state index in [1.807, 2.05) is 0 Å². The van der Waals surface area contributed by atoms with Crippen LogP contribution in [0.1, 0.15) is 5.56 Å². The predicted molar refractivity (Wildman–Crippen MR) is 91.6 cm³/mol. The molecule has 3 N–H and O–H groups in total. The molecule has 0 atom stereocenters. The van der Waals surface area contributed by atoms with Gasteiger partial charge in [-0.15, -0.1) is 0 Å². The number of hydrogen-bond donors (Lipinski definition) is 3. The minimum absolute atomic E-state index is 0.0882. The fourth-order valence-electron chi connectivity index (χ4n) is 1.56. The quantitative estimate of drug-likeness (QED) is 0.423. The zero-order chi connectivity index (χ0) is 16.8. The van der Waals surface area contributed by atoms with Crippen LogP contribution in [0.3, 0.4) is 0 Å². The molecule has 2 aromatic carbocycles. The van der Waals surface area contributed by atoms with E-state index in [1.54, 1.807) is 36.4 Å². The van der Waals surface area contributed by atoms with E-state index in [1.165, 1.54) is 12.3 Å². The summed E-state index contributed by atoms with van der Waals surface area (Å²) in [4.78, 5) is 23.4. The van der Waals surface area contributed by atoms with Gasteiger partial charge in [-0.05, 0) is 51.8 Å². The third kappa shape index (κ3) is 4.80. The van der Waals surface area contributed by atoms with E-state index in [-0.39, 0.29) is 5.75 Å². The maximum absolute atomic E-state index is 11.7. The van der Waals surface area contributed by atoms with Gasteiger partial charge in [0.05, 0.1) is 21.4 Å². The number of amides is 2.